The molecule has 1 saturated carbocycles. The lowest BCUT2D eigenvalue weighted by molar-refractivity contribution is -0.153. The predicted molar refractivity (Wildman–Crippen MR) is 210 cm³/mol. The maximum Gasteiger partial charge on any atom is 0.422 e. The van der Waals surface area contributed by atoms with Crippen molar-refractivity contribution < 1.29 is 31.4 Å². The molecule has 13 heteroatoms. The highest BCUT2D eigenvalue weighted by molar-refractivity contribution is 5.89. The fourth-order valence-electron chi connectivity index (χ4n) is 7.38. The molecule has 57 heavy (non-hydrogen) atoms. The third-order valence-electron chi connectivity index (χ3n) is 10.2. The smallest absolute Gasteiger partial charge is 0.422 e. The number of hydrogen-bond acceptors (Lipinski definition) is 6. The van der Waals surface area contributed by atoms with Crippen LogP contribution in [0.5, 0.6) is 11.5 Å². The molecular formula is C44H39F5N6O2. The number of benzene rings is 4. The summed E-state index contributed by atoms with van der Waals surface area (Å²) in [5.41, 5.74) is 10.4. The predicted octanol–water partition coefficient (Wildman–Crippen LogP) is 11.0. The van der Waals surface area contributed by atoms with Crippen molar-refractivity contribution >= 4 is 33.1 Å². The fraction of sp³-hybridized carbons (Fsp3) is 0.273. The van der Waals surface area contributed by atoms with Crippen LogP contribution in [0.2, 0.25) is 0 Å². The molecule has 0 N–H and O–H groups in total. The van der Waals surface area contributed by atoms with Crippen molar-refractivity contribution in [3.05, 3.63) is 118 Å². The van der Waals surface area contributed by atoms with E-state index in [4.69, 9.17) is 19.4 Å². The van der Waals surface area contributed by atoms with E-state index < -0.39 is 18.6 Å². The summed E-state index contributed by atoms with van der Waals surface area (Å²) in [7, 11) is 0. The highest BCUT2D eigenvalue weighted by Crippen LogP contribution is 2.37. The summed E-state index contributed by atoms with van der Waals surface area (Å²) in [6.07, 6.45) is -2.18. The summed E-state index contributed by atoms with van der Waals surface area (Å²) in [5, 5.41) is 0. The number of rotatable bonds is 7. The summed E-state index contributed by atoms with van der Waals surface area (Å²) in [6.45, 7) is 10.6. The molecule has 8 aromatic rings. The zero-order chi connectivity index (χ0) is 40.3. The molecule has 0 amide bonds. The average molecular weight is 779 g/mol. The monoisotopic (exact) mass is 778 g/mol. The van der Waals surface area contributed by atoms with Gasteiger partial charge in [-0.15, -0.1) is 0 Å². The number of ether oxygens (including phenoxy) is 2. The number of halogens is 5. The standard InChI is InChI=1S/C23H22FN3O.C21H17F4N3O/c1-13-6-4-5-7-18(13)23-26-15(3)22-14(2)25-21-19(27(22)23)10-17(24)11-20(21)28-12-16-8-9-16;1-11-6-4-5-7-15(11)20-27-13(3)19-12(2)26-18-16(28(19)20)8-14(22)9-17(18)29-10-21(23,24)25/h4-7,10-11,16H,8-9,12H2,1-3H3;4-9H,10H2,1-3H3. The van der Waals surface area contributed by atoms with Crippen LogP contribution in [0, 0.1) is 59.1 Å². The van der Waals surface area contributed by atoms with E-state index in [1.165, 1.54) is 31.0 Å². The minimum atomic E-state index is -4.55. The summed E-state index contributed by atoms with van der Waals surface area (Å²) < 4.78 is 81.5. The van der Waals surface area contributed by atoms with Gasteiger partial charge < -0.3 is 9.47 Å². The molecule has 0 radical (unpaired) electrons. The fourth-order valence-corrected chi connectivity index (χ4v) is 7.38. The summed E-state index contributed by atoms with van der Waals surface area (Å²) >= 11 is 0. The number of imidazole rings is 2. The van der Waals surface area contributed by atoms with Gasteiger partial charge in [0.2, 0.25) is 0 Å². The van der Waals surface area contributed by atoms with E-state index in [-0.39, 0.29) is 17.1 Å². The van der Waals surface area contributed by atoms with E-state index in [1.54, 1.807) is 11.3 Å². The van der Waals surface area contributed by atoms with Gasteiger partial charge in [0.25, 0.3) is 0 Å². The van der Waals surface area contributed by atoms with Crippen molar-refractivity contribution in [3.63, 3.8) is 0 Å². The average Bonchev–Trinajstić information content (AvgIpc) is 3.83. The van der Waals surface area contributed by atoms with E-state index in [2.05, 4.69) is 29.0 Å². The Morgan fingerprint density at radius 2 is 1.02 bits per heavy atom. The minimum Gasteiger partial charge on any atom is -0.491 e. The molecule has 0 unspecified atom stereocenters. The van der Waals surface area contributed by atoms with Crippen LogP contribution in [0.4, 0.5) is 22.0 Å². The van der Waals surface area contributed by atoms with Crippen molar-refractivity contribution in [1.82, 2.24) is 28.7 Å². The van der Waals surface area contributed by atoms with Gasteiger partial charge in [-0.05, 0) is 71.4 Å². The van der Waals surface area contributed by atoms with Gasteiger partial charge in [0.05, 0.1) is 51.4 Å². The molecule has 0 bridgehead atoms. The first-order valence-corrected chi connectivity index (χ1v) is 18.6. The number of nitrogens with zero attached hydrogens (tertiary/aromatic N) is 6. The van der Waals surface area contributed by atoms with Crippen LogP contribution in [0.15, 0.2) is 72.8 Å². The van der Waals surface area contributed by atoms with Crippen molar-refractivity contribution in [3.8, 4) is 34.3 Å². The van der Waals surface area contributed by atoms with Gasteiger partial charge in [0.15, 0.2) is 12.4 Å². The molecule has 4 aromatic carbocycles. The van der Waals surface area contributed by atoms with Crippen LogP contribution in [0.1, 0.15) is 46.7 Å². The van der Waals surface area contributed by atoms with Gasteiger partial charge >= 0.3 is 6.18 Å². The lowest BCUT2D eigenvalue weighted by atomic mass is 10.1. The van der Waals surface area contributed by atoms with Crippen molar-refractivity contribution in [2.75, 3.05) is 13.2 Å². The van der Waals surface area contributed by atoms with E-state index >= 15 is 0 Å². The van der Waals surface area contributed by atoms with Crippen molar-refractivity contribution in [1.29, 1.82) is 0 Å². The van der Waals surface area contributed by atoms with Gasteiger partial charge in [-0.1, -0.05) is 48.5 Å². The molecule has 0 spiro atoms. The summed E-state index contributed by atoms with van der Waals surface area (Å²) in [6, 6.07) is 20.8. The van der Waals surface area contributed by atoms with Crippen LogP contribution in [-0.2, 0) is 0 Å². The lowest BCUT2D eigenvalue weighted by Gasteiger charge is -2.14. The lowest BCUT2D eigenvalue weighted by Crippen LogP contribution is -2.19. The Morgan fingerprint density at radius 3 is 1.44 bits per heavy atom. The van der Waals surface area contributed by atoms with Gasteiger partial charge in [-0.2, -0.15) is 13.2 Å². The molecule has 0 saturated heterocycles. The quantitative estimate of drug-likeness (QED) is 0.150. The third kappa shape index (κ3) is 7.22. The molecule has 1 aliphatic carbocycles. The molecule has 8 nitrogen and oxygen atoms in total. The third-order valence-corrected chi connectivity index (χ3v) is 10.2. The number of fused-ring (bicyclic) bond motifs is 6. The molecule has 1 fully saturated rings. The largest absolute Gasteiger partial charge is 0.491 e. The molecule has 292 valence electrons. The van der Waals surface area contributed by atoms with Gasteiger partial charge in [0, 0.05) is 35.4 Å². The summed E-state index contributed by atoms with van der Waals surface area (Å²) in [5.74, 6) is 1.16. The Labute approximate surface area is 325 Å². The second-order valence-electron chi connectivity index (χ2n) is 14.6. The molecule has 9 rings (SSSR count). The second-order valence-corrected chi connectivity index (χ2v) is 14.6. The Balaban J connectivity index is 0.000000160. The normalized spacial score (nSPS) is 13.1. The Bertz CT molecular complexity index is 2860. The zero-order valence-electron chi connectivity index (χ0n) is 32.2. The zero-order valence-corrected chi connectivity index (χ0v) is 32.2. The van der Waals surface area contributed by atoms with Crippen LogP contribution in [0.3, 0.4) is 0 Å². The van der Waals surface area contributed by atoms with E-state index in [0.29, 0.717) is 57.6 Å². The minimum absolute atomic E-state index is 0.146. The first kappa shape index (κ1) is 37.8. The van der Waals surface area contributed by atoms with Gasteiger partial charge in [-0.25, -0.2) is 28.7 Å². The summed E-state index contributed by atoms with van der Waals surface area (Å²) in [4.78, 5) is 18.7. The van der Waals surface area contributed by atoms with Crippen molar-refractivity contribution in [2.24, 2.45) is 5.92 Å². The first-order chi connectivity index (χ1) is 27.2. The van der Waals surface area contributed by atoms with Gasteiger partial charge in [0.1, 0.15) is 40.1 Å². The molecule has 4 heterocycles. The second kappa shape index (κ2) is 14.4. The Hall–Kier alpha value is -6.11. The van der Waals surface area contributed by atoms with Crippen LogP contribution in [0.25, 0.3) is 55.9 Å². The van der Waals surface area contributed by atoms with E-state index in [9.17, 15) is 22.0 Å². The van der Waals surface area contributed by atoms with E-state index in [1.807, 2.05) is 68.5 Å². The number of hydrogen-bond donors (Lipinski definition) is 0. The highest BCUT2D eigenvalue weighted by atomic mass is 19.4. The maximum atomic E-state index is 14.5. The molecule has 0 atom stereocenters. The molecule has 4 aromatic heterocycles. The van der Waals surface area contributed by atoms with Gasteiger partial charge in [-0.3, -0.25) is 8.80 Å². The van der Waals surface area contributed by atoms with Crippen LogP contribution in [-0.4, -0.2) is 48.1 Å². The number of alkyl halides is 3. The van der Waals surface area contributed by atoms with Crippen LogP contribution < -0.4 is 9.47 Å². The van der Waals surface area contributed by atoms with E-state index in [0.717, 1.165) is 51.0 Å². The topological polar surface area (TPSA) is 78.8 Å². The number of aromatic nitrogens is 6. The first-order valence-electron chi connectivity index (χ1n) is 18.6. The Morgan fingerprint density at radius 1 is 0.596 bits per heavy atom. The maximum absolute atomic E-state index is 14.5. The van der Waals surface area contributed by atoms with Crippen LogP contribution >= 0.6 is 0 Å². The number of aryl methyl sites for hydroxylation is 6. The molecule has 1 aliphatic rings. The molecule has 0 aliphatic heterocycles. The highest BCUT2D eigenvalue weighted by Gasteiger charge is 2.30. The Kier molecular flexibility index (Phi) is 9.57. The van der Waals surface area contributed by atoms with Crippen molar-refractivity contribution in [2.45, 2.75) is 60.6 Å². The SMILES string of the molecule is Cc1ccccc1-c1nc(C)c2c(C)nc3c(OCC(F)(F)F)cc(F)cc3n12.Cc1ccccc1-c1nc(C)c2c(C)nc3c(OCC4CC4)cc(F)cc3n12. The molecular weight excluding hydrogens is 740 g/mol.